The van der Waals surface area contributed by atoms with Crippen molar-refractivity contribution in [1.82, 2.24) is 25.4 Å². The molecule has 7 heteroatoms. The second-order valence-electron chi connectivity index (χ2n) is 6.19. The van der Waals surface area contributed by atoms with E-state index in [0.717, 1.165) is 35.3 Å². The lowest BCUT2D eigenvalue weighted by molar-refractivity contribution is 0.684. The molecule has 27 heavy (non-hydrogen) atoms. The van der Waals surface area contributed by atoms with Crippen molar-refractivity contribution in [3.05, 3.63) is 64.4 Å². The summed E-state index contributed by atoms with van der Waals surface area (Å²) in [5.74, 6) is 0.792. The molecule has 142 valence electrons. The van der Waals surface area contributed by atoms with Crippen LogP contribution in [-0.2, 0) is 13.0 Å². The molecule has 0 amide bonds. The fraction of sp³-hybridized carbons (Fsp3) is 0.350. The Kier molecular flexibility index (Phi) is 6.59. The van der Waals surface area contributed by atoms with Gasteiger partial charge in [0.15, 0.2) is 5.96 Å². The Morgan fingerprint density at radius 3 is 2.89 bits per heavy atom. The molecule has 6 nitrogen and oxygen atoms in total. The van der Waals surface area contributed by atoms with Crippen LogP contribution >= 0.6 is 11.3 Å². The Morgan fingerprint density at radius 2 is 2.19 bits per heavy atom. The summed E-state index contributed by atoms with van der Waals surface area (Å²) in [6.45, 7) is 7.71. The number of aryl methyl sites for hydroxylation is 1. The summed E-state index contributed by atoms with van der Waals surface area (Å²) in [5.41, 5.74) is 3.24. The molecule has 0 bridgehead atoms. The van der Waals surface area contributed by atoms with Crippen molar-refractivity contribution >= 4 is 17.3 Å². The molecule has 0 radical (unpaired) electrons. The van der Waals surface area contributed by atoms with E-state index in [1.54, 1.807) is 17.5 Å². The quantitative estimate of drug-likeness (QED) is 0.483. The molecule has 0 aliphatic heterocycles. The molecule has 0 saturated carbocycles. The van der Waals surface area contributed by atoms with Gasteiger partial charge in [0.2, 0.25) is 0 Å². The van der Waals surface area contributed by atoms with Crippen LogP contribution < -0.4 is 10.6 Å². The highest BCUT2D eigenvalue weighted by atomic mass is 32.1. The molecular weight excluding hydrogens is 356 g/mol. The number of hydrogen-bond acceptors (Lipinski definition) is 4. The number of rotatable bonds is 7. The summed E-state index contributed by atoms with van der Waals surface area (Å²) < 4.78 is 1.86. The number of aromatic nitrogens is 3. The number of thiazole rings is 1. The third-order valence-corrected chi connectivity index (χ3v) is 5.18. The van der Waals surface area contributed by atoms with Gasteiger partial charge in [0.25, 0.3) is 0 Å². The maximum Gasteiger partial charge on any atom is 0.192 e. The number of nitrogens with zero attached hydrogens (tertiary/aromatic N) is 4. The Bertz CT molecular complexity index is 868. The largest absolute Gasteiger partial charge is 0.357 e. The number of benzene rings is 1. The number of hydrogen-bond donors (Lipinski definition) is 2. The number of guanidine groups is 1. The lowest BCUT2D eigenvalue weighted by Gasteiger charge is -2.18. The topological polar surface area (TPSA) is 67.1 Å². The van der Waals surface area contributed by atoms with Crippen molar-refractivity contribution in [3.63, 3.8) is 0 Å². The summed E-state index contributed by atoms with van der Waals surface area (Å²) in [5, 5.41) is 14.3. The summed E-state index contributed by atoms with van der Waals surface area (Å²) >= 11 is 1.70. The highest BCUT2D eigenvalue weighted by Crippen LogP contribution is 2.17. The molecule has 1 aromatic carbocycles. The second kappa shape index (κ2) is 9.32. The summed E-state index contributed by atoms with van der Waals surface area (Å²) in [6, 6.07) is 10.4. The van der Waals surface area contributed by atoms with Crippen LogP contribution in [0.5, 0.6) is 0 Å². The predicted molar refractivity (Wildman–Crippen MR) is 111 cm³/mol. The van der Waals surface area contributed by atoms with Crippen LogP contribution in [0.3, 0.4) is 0 Å². The van der Waals surface area contributed by atoms with Gasteiger partial charge in [-0.05, 0) is 44.0 Å². The first-order valence-corrected chi connectivity index (χ1v) is 10.2. The fourth-order valence-corrected chi connectivity index (χ4v) is 3.45. The molecule has 0 aliphatic rings. The van der Waals surface area contributed by atoms with E-state index in [0.29, 0.717) is 6.54 Å². The number of nitrogens with one attached hydrogen (secondary N) is 2. The van der Waals surface area contributed by atoms with E-state index in [-0.39, 0.29) is 6.04 Å². The minimum atomic E-state index is 0.111. The van der Waals surface area contributed by atoms with Crippen molar-refractivity contribution in [2.45, 2.75) is 39.8 Å². The SMILES string of the molecule is CCNC(=NCc1csc(CC)n1)NC(C)c1cccc(-n2cccn2)c1. The van der Waals surface area contributed by atoms with E-state index in [2.05, 4.69) is 71.1 Å². The van der Waals surface area contributed by atoms with Gasteiger partial charge in [-0.25, -0.2) is 14.7 Å². The molecule has 2 N–H and O–H groups in total. The first-order chi connectivity index (χ1) is 13.2. The standard InChI is InChI=1S/C20H26N6S/c1-4-19-25-17(14-27-19)13-22-20(21-5-2)24-15(3)16-8-6-9-18(12-16)26-11-7-10-23-26/h6-12,14-15H,4-5,13H2,1-3H3,(H2,21,22,24). The van der Waals surface area contributed by atoms with Crippen molar-refractivity contribution in [2.24, 2.45) is 4.99 Å². The molecule has 3 aromatic rings. The second-order valence-corrected chi connectivity index (χ2v) is 7.14. The zero-order valence-corrected chi connectivity index (χ0v) is 16.8. The van der Waals surface area contributed by atoms with Gasteiger partial charge in [0.05, 0.1) is 29.0 Å². The van der Waals surface area contributed by atoms with Gasteiger partial charge in [0, 0.05) is 24.3 Å². The average molecular weight is 383 g/mol. The first kappa shape index (κ1) is 19.1. The van der Waals surface area contributed by atoms with E-state index in [4.69, 9.17) is 4.99 Å². The van der Waals surface area contributed by atoms with E-state index in [9.17, 15) is 0 Å². The summed E-state index contributed by atoms with van der Waals surface area (Å²) in [4.78, 5) is 9.27. The Hall–Kier alpha value is -2.67. The van der Waals surface area contributed by atoms with Crippen LogP contribution in [0.4, 0.5) is 0 Å². The Balaban J connectivity index is 1.70. The summed E-state index contributed by atoms with van der Waals surface area (Å²) in [7, 11) is 0. The molecule has 0 fully saturated rings. The van der Waals surface area contributed by atoms with Gasteiger partial charge in [-0.1, -0.05) is 19.1 Å². The monoisotopic (exact) mass is 382 g/mol. The molecule has 0 aliphatic carbocycles. The normalized spacial score (nSPS) is 12.8. The van der Waals surface area contributed by atoms with Gasteiger partial charge >= 0.3 is 0 Å². The fourth-order valence-electron chi connectivity index (χ4n) is 2.71. The van der Waals surface area contributed by atoms with Crippen molar-refractivity contribution in [2.75, 3.05) is 6.54 Å². The van der Waals surface area contributed by atoms with E-state index < -0.39 is 0 Å². The van der Waals surface area contributed by atoms with E-state index in [1.165, 1.54) is 5.56 Å². The van der Waals surface area contributed by atoms with E-state index in [1.807, 2.05) is 16.9 Å². The highest BCUT2D eigenvalue weighted by Gasteiger charge is 2.09. The molecular formula is C20H26N6S. The Morgan fingerprint density at radius 1 is 1.30 bits per heavy atom. The maximum absolute atomic E-state index is 4.69. The van der Waals surface area contributed by atoms with Crippen molar-refractivity contribution < 1.29 is 0 Å². The third-order valence-electron chi connectivity index (χ3n) is 4.14. The lowest BCUT2D eigenvalue weighted by Crippen LogP contribution is -2.38. The predicted octanol–water partition coefficient (Wildman–Crippen LogP) is 3.71. The smallest absolute Gasteiger partial charge is 0.192 e. The molecule has 1 unspecified atom stereocenters. The lowest BCUT2D eigenvalue weighted by atomic mass is 10.1. The Labute approximate surface area is 164 Å². The molecule has 0 spiro atoms. The van der Waals surface area contributed by atoms with Crippen LogP contribution in [0.15, 0.2) is 53.1 Å². The van der Waals surface area contributed by atoms with Crippen LogP contribution in [0, 0.1) is 0 Å². The average Bonchev–Trinajstić information content (AvgIpc) is 3.38. The van der Waals surface area contributed by atoms with Crippen molar-refractivity contribution in [3.8, 4) is 5.69 Å². The zero-order valence-electron chi connectivity index (χ0n) is 16.0. The van der Waals surface area contributed by atoms with Crippen LogP contribution in [0.1, 0.15) is 43.1 Å². The van der Waals surface area contributed by atoms with Gasteiger partial charge in [0.1, 0.15) is 0 Å². The number of aliphatic imine (C=N–C) groups is 1. The van der Waals surface area contributed by atoms with Gasteiger partial charge < -0.3 is 10.6 Å². The zero-order chi connectivity index (χ0) is 19.1. The van der Waals surface area contributed by atoms with Crippen LogP contribution in [-0.4, -0.2) is 27.3 Å². The minimum Gasteiger partial charge on any atom is -0.357 e. The van der Waals surface area contributed by atoms with Crippen molar-refractivity contribution in [1.29, 1.82) is 0 Å². The molecule has 1 atom stereocenters. The molecule has 0 saturated heterocycles. The molecule has 3 rings (SSSR count). The first-order valence-electron chi connectivity index (χ1n) is 9.27. The van der Waals surface area contributed by atoms with Gasteiger partial charge in [-0.3, -0.25) is 0 Å². The maximum atomic E-state index is 4.69. The highest BCUT2D eigenvalue weighted by molar-refractivity contribution is 7.09. The third kappa shape index (κ3) is 5.17. The van der Waals surface area contributed by atoms with E-state index >= 15 is 0 Å². The molecule has 2 heterocycles. The van der Waals surface area contributed by atoms with Gasteiger partial charge in [-0.2, -0.15) is 5.10 Å². The van der Waals surface area contributed by atoms with Crippen LogP contribution in [0.2, 0.25) is 0 Å². The van der Waals surface area contributed by atoms with Crippen LogP contribution in [0.25, 0.3) is 5.69 Å². The minimum absolute atomic E-state index is 0.111. The van der Waals surface area contributed by atoms with Gasteiger partial charge in [-0.15, -0.1) is 11.3 Å². The summed E-state index contributed by atoms with van der Waals surface area (Å²) in [6.07, 6.45) is 4.70. The molecule has 2 aromatic heterocycles.